The average molecular weight is 263 g/mol. The van der Waals surface area contributed by atoms with E-state index in [1.54, 1.807) is 18.4 Å². The lowest BCUT2D eigenvalue weighted by molar-refractivity contribution is 0.397. The highest BCUT2D eigenvalue weighted by molar-refractivity contribution is 7.09. The zero-order valence-electron chi connectivity index (χ0n) is 10.6. The first-order chi connectivity index (χ1) is 8.78. The monoisotopic (exact) mass is 263 g/mol. The Labute approximate surface area is 111 Å². The number of nitrogens with zero attached hydrogens (tertiary/aromatic N) is 2. The summed E-state index contributed by atoms with van der Waals surface area (Å²) in [6, 6.07) is 3.90. The minimum absolute atomic E-state index is 0.650. The van der Waals surface area contributed by atoms with Crippen molar-refractivity contribution in [2.75, 3.05) is 13.7 Å². The van der Waals surface area contributed by atoms with Crippen molar-refractivity contribution in [3.05, 3.63) is 40.0 Å². The van der Waals surface area contributed by atoms with E-state index in [1.165, 1.54) is 0 Å². The topological polar surface area (TPSA) is 47.0 Å². The van der Waals surface area contributed by atoms with E-state index in [0.29, 0.717) is 5.88 Å². The van der Waals surface area contributed by atoms with Crippen LogP contribution < -0.4 is 10.1 Å². The predicted molar refractivity (Wildman–Crippen MR) is 73.1 cm³/mol. The van der Waals surface area contributed by atoms with Crippen LogP contribution in [0.1, 0.15) is 16.3 Å². The lowest BCUT2D eigenvalue weighted by Gasteiger charge is -2.04. The highest BCUT2D eigenvalue weighted by Crippen LogP contribution is 2.08. The fourth-order valence-corrected chi connectivity index (χ4v) is 2.26. The van der Waals surface area contributed by atoms with Gasteiger partial charge in [0, 0.05) is 37.2 Å². The summed E-state index contributed by atoms with van der Waals surface area (Å²) in [6.45, 7) is 3.78. The molecule has 0 amide bonds. The number of thiazole rings is 1. The van der Waals surface area contributed by atoms with Gasteiger partial charge in [-0.2, -0.15) is 0 Å². The molecule has 0 atom stereocenters. The molecule has 2 heterocycles. The molecule has 0 aromatic carbocycles. The maximum absolute atomic E-state index is 5.02. The van der Waals surface area contributed by atoms with Crippen molar-refractivity contribution in [1.82, 2.24) is 15.3 Å². The SMILES string of the molecule is COc1ccc(CNCCc2csc(C)n2)cn1. The predicted octanol–water partition coefficient (Wildman–Crippen LogP) is 2.19. The van der Waals surface area contributed by atoms with Gasteiger partial charge in [0.25, 0.3) is 0 Å². The Hall–Kier alpha value is -1.46. The summed E-state index contributed by atoms with van der Waals surface area (Å²) in [4.78, 5) is 8.59. The first-order valence-electron chi connectivity index (χ1n) is 5.88. The van der Waals surface area contributed by atoms with Crippen molar-refractivity contribution in [1.29, 1.82) is 0 Å². The van der Waals surface area contributed by atoms with Gasteiger partial charge in [0.15, 0.2) is 0 Å². The molecule has 0 bridgehead atoms. The van der Waals surface area contributed by atoms with Gasteiger partial charge in [0.05, 0.1) is 17.8 Å². The van der Waals surface area contributed by atoms with Gasteiger partial charge in [-0.3, -0.25) is 0 Å². The van der Waals surface area contributed by atoms with E-state index in [9.17, 15) is 0 Å². The largest absolute Gasteiger partial charge is 0.481 e. The van der Waals surface area contributed by atoms with Crippen molar-refractivity contribution < 1.29 is 4.74 Å². The smallest absolute Gasteiger partial charge is 0.212 e. The van der Waals surface area contributed by atoms with Crippen LogP contribution in [-0.2, 0) is 13.0 Å². The lowest BCUT2D eigenvalue weighted by Crippen LogP contribution is -2.16. The molecule has 0 radical (unpaired) electrons. The second-order valence-corrected chi connectivity index (χ2v) is 5.06. The number of hydrogen-bond donors (Lipinski definition) is 1. The summed E-state index contributed by atoms with van der Waals surface area (Å²) < 4.78 is 5.02. The average Bonchev–Trinajstić information content (AvgIpc) is 2.81. The Kier molecular flexibility index (Phi) is 4.66. The van der Waals surface area contributed by atoms with E-state index in [-0.39, 0.29) is 0 Å². The Morgan fingerprint density at radius 3 is 2.89 bits per heavy atom. The van der Waals surface area contributed by atoms with Gasteiger partial charge in [-0.1, -0.05) is 6.07 Å². The quantitative estimate of drug-likeness (QED) is 0.812. The van der Waals surface area contributed by atoms with Crippen LogP contribution in [0.15, 0.2) is 23.7 Å². The maximum atomic E-state index is 5.02. The van der Waals surface area contributed by atoms with Gasteiger partial charge in [-0.05, 0) is 12.5 Å². The molecule has 0 aliphatic carbocycles. The van der Waals surface area contributed by atoms with Gasteiger partial charge in [-0.25, -0.2) is 9.97 Å². The number of rotatable bonds is 6. The second-order valence-electron chi connectivity index (χ2n) is 3.99. The fourth-order valence-electron chi connectivity index (χ4n) is 1.61. The third-order valence-corrected chi connectivity index (χ3v) is 3.38. The number of ether oxygens (including phenoxy) is 1. The molecule has 4 nitrogen and oxygen atoms in total. The van der Waals surface area contributed by atoms with E-state index in [0.717, 1.165) is 35.8 Å². The standard InChI is InChI=1S/C13H17N3OS/c1-10-16-12(9-18-10)5-6-14-7-11-3-4-13(17-2)15-8-11/h3-4,8-9,14H,5-7H2,1-2H3. The van der Waals surface area contributed by atoms with Crippen LogP contribution in [0.3, 0.4) is 0 Å². The van der Waals surface area contributed by atoms with Gasteiger partial charge in [0.1, 0.15) is 0 Å². The minimum atomic E-state index is 0.650. The van der Waals surface area contributed by atoms with Gasteiger partial charge in [-0.15, -0.1) is 11.3 Å². The molecular weight excluding hydrogens is 246 g/mol. The van der Waals surface area contributed by atoms with Crippen molar-refractivity contribution in [2.45, 2.75) is 19.9 Å². The van der Waals surface area contributed by atoms with Crippen molar-refractivity contribution in [3.8, 4) is 5.88 Å². The highest BCUT2D eigenvalue weighted by Gasteiger charge is 1.99. The van der Waals surface area contributed by atoms with Crippen LogP contribution in [0.2, 0.25) is 0 Å². The minimum Gasteiger partial charge on any atom is -0.481 e. The van der Waals surface area contributed by atoms with Crippen LogP contribution in [0, 0.1) is 6.92 Å². The zero-order valence-corrected chi connectivity index (χ0v) is 11.5. The Morgan fingerprint density at radius 2 is 2.28 bits per heavy atom. The summed E-state index contributed by atoms with van der Waals surface area (Å²) in [6.07, 6.45) is 2.80. The summed E-state index contributed by atoms with van der Waals surface area (Å²) in [7, 11) is 1.62. The Bertz CT molecular complexity index is 481. The summed E-state index contributed by atoms with van der Waals surface area (Å²) in [5.41, 5.74) is 2.32. The molecule has 0 saturated carbocycles. The normalized spacial score (nSPS) is 10.6. The van der Waals surface area contributed by atoms with Crippen LogP contribution >= 0.6 is 11.3 Å². The molecule has 96 valence electrons. The molecule has 0 aliphatic rings. The number of pyridine rings is 1. The van der Waals surface area contributed by atoms with E-state index >= 15 is 0 Å². The number of methoxy groups -OCH3 is 1. The zero-order chi connectivity index (χ0) is 12.8. The summed E-state index contributed by atoms with van der Waals surface area (Å²) >= 11 is 1.70. The highest BCUT2D eigenvalue weighted by atomic mass is 32.1. The Balaban J connectivity index is 1.71. The number of aryl methyl sites for hydroxylation is 1. The molecule has 0 saturated heterocycles. The van der Waals surface area contributed by atoms with E-state index in [2.05, 4.69) is 20.7 Å². The van der Waals surface area contributed by atoms with E-state index in [1.807, 2.05) is 25.3 Å². The molecule has 2 aromatic heterocycles. The third-order valence-electron chi connectivity index (χ3n) is 2.56. The van der Waals surface area contributed by atoms with Crippen molar-refractivity contribution in [3.63, 3.8) is 0 Å². The van der Waals surface area contributed by atoms with Gasteiger partial charge in [0.2, 0.25) is 5.88 Å². The molecule has 2 rings (SSSR count). The molecule has 0 unspecified atom stereocenters. The van der Waals surface area contributed by atoms with Crippen LogP contribution in [0.5, 0.6) is 5.88 Å². The Morgan fingerprint density at radius 1 is 1.39 bits per heavy atom. The van der Waals surface area contributed by atoms with Crippen LogP contribution in [-0.4, -0.2) is 23.6 Å². The molecule has 0 fully saturated rings. The molecule has 1 N–H and O–H groups in total. The lowest BCUT2D eigenvalue weighted by atomic mass is 10.2. The summed E-state index contributed by atoms with van der Waals surface area (Å²) in [5.74, 6) is 0.650. The first-order valence-corrected chi connectivity index (χ1v) is 6.76. The molecule has 0 spiro atoms. The van der Waals surface area contributed by atoms with Crippen molar-refractivity contribution in [2.24, 2.45) is 0 Å². The van der Waals surface area contributed by atoms with Crippen LogP contribution in [0.25, 0.3) is 0 Å². The fraction of sp³-hybridized carbons (Fsp3) is 0.385. The van der Waals surface area contributed by atoms with Crippen molar-refractivity contribution >= 4 is 11.3 Å². The third kappa shape index (κ3) is 3.78. The summed E-state index contributed by atoms with van der Waals surface area (Å²) in [5, 5.41) is 6.63. The number of aromatic nitrogens is 2. The maximum Gasteiger partial charge on any atom is 0.212 e. The van der Waals surface area contributed by atoms with E-state index in [4.69, 9.17) is 4.74 Å². The van der Waals surface area contributed by atoms with Gasteiger partial charge >= 0.3 is 0 Å². The molecule has 2 aromatic rings. The first kappa shape index (κ1) is 13.0. The van der Waals surface area contributed by atoms with Crippen LogP contribution in [0.4, 0.5) is 0 Å². The second kappa shape index (κ2) is 6.47. The number of nitrogens with one attached hydrogen (secondary N) is 1. The molecule has 5 heteroatoms. The molecule has 0 aliphatic heterocycles. The van der Waals surface area contributed by atoms with Gasteiger partial charge < -0.3 is 10.1 Å². The molecule has 18 heavy (non-hydrogen) atoms. The molecular formula is C13H17N3OS. The van der Waals surface area contributed by atoms with E-state index < -0.39 is 0 Å². The number of hydrogen-bond acceptors (Lipinski definition) is 5.